The first-order valence-electron chi connectivity index (χ1n) is 10.3. The van der Waals surface area contributed by atoms with Crippen molar-refractivity contribution in [2.24, 2.45) is 5.92 Å². The van der Waals surface area contributed by atoms with Gasteiger partial charge in [-0.05, 0) is 48.2 Å². The Bertz CT molecular complexity index is 1020. The van der Waals surface area contributed by atoms with Gasteiger partial charge in [-0.25, -0.2) is 8.42 Å². The van der Waals surface area contributed by atoms with E-state index in [0.29, 0.717) is 17.9 Å². The molecule has 2 aromatic rings. The summed E-state index contributed by atoms with van der Waals surface area (Å²) in [5, 5.41) is 0. The van der Waals surface area contributed by atoms with E-state index in [-0.39, 0.29) is 18.1 Å². The van der Waals surface area contributed by atoms with Crippen molar-refractivity contribution in [3.05, 3.63) is 48.0 Å². The lowest BCUT2D eigenvalue weighted by Crippen LogP contribution is -2.43. The molecule has 7 heteroatoms. The van der Waals surface area contributed by atoms with Crippen molar-refractivity contribution in [2.45, 2.75) is 44.0 Å². The number of hydrogen-bond acceptors (Lipinski definition) is 5. The minimum atomic E-state index is -3.20. The van der Waals surface area contributed by atoms with Gasteiger partial charge in [0.2, 0.25) is 12.2 Å². The number of sulfone groups is 1. The van der Waals surface area contributed by atoms with Crippen molar-refractivity contribution >= 4 is 15.7 Å². The lowest BCUT2D eigenvalue weighted by atomic mass is 9.95. The molecule has 2 aliphatic heterocycles. The second kappa shape index (κ2) is 8.40. The fraction of sp³-hybridized carbons (Fsp3) is 0.435. The summed E-state index contributed by atoms with van der Waals surface area (Å²) in [4.78, 5) is 14.1. The molecule has 160 valence electrons. The summed E-state index contributed by atoms with van der Waals surface area (Å²) in [7, 11) is -3.20. The number of likely N-dealkylation sites (tertiary alicyclic amines) is 1. The van der Waals surface area contributed by atoms with Gasteiger partial charge in [-0.2, -0.15) is 0 Å². The number of amides is 1. The van der Waals surface area contributed by atoms with E-state index in [4.69, 9.17) is 9.47 Å². The maximum Gasteiger partial charge on any atom is 0.222 e. The topological polar surface area (TPSA) is 72.9 Å². The van der Waals surface area contributed by atoms with Gasteiger partial charge in [0.05, 0.1) is 11.5 Å². The van der Waals surface area contributed by atoms with Crippen molar-refractivity contribution in [1.29, 1.82) is 0 Å². The van der Waals surface area contributed by atoms with Gasteiger partial charge in [0.1, 0.15) is 5.75 Å². The van der Waals surface area contributed by atoms with Crippen LogP contribution in [0.5, 0.6) is 5.75 Å². The van der Waals surface area contributed by atoms with Crippen LogP contribution in [0.2, 0.25) is 0 Å². The smallest absolute Gasteiger partial charge is 0.222 e. The Morgan fingerprint density at radius 2 is 1.73 bits per heavy atom. The molecule has 0 spiro atoms. The van der Waals surface area contributed by atoms with E-state index < -0.39 is 9.84 Å². The van der Waals surface area contributed by atoms with Gasteiger partial charge in [0, 0.05) is 37.2 Å². The second-order valence-corrected chi connectivity index (χ2v) is 10.0. The highest BCUT2D eigenvalue weighted by molar-refractivity contribution is 7.90. The van der Waals surface area contributed by atoms with Crippen LogP contribution < -0.4 is 4.74 Å². The Labute approximate surface area is 177 Å². The zero-order valence-corrected chi connectivity index (χ0v) is 18.2. The number of fused-ring (bicyclic) bond motifs is 1. The molecule has 4 rings (SSSR count). The van der Waals surface area contributed by atoms with Crippen molar-refractivity contribution in [3.8, 4) is 16.9 Å². The summed E-state index contributed by atoms with van der Waals surface area (Å²) in [6.45, 7) is 3.89. The normalized spacial score (nSPS) is 19.8. The van der Waals surface area contributed by atoms with Crippen molar-refractivity contribution in [3.63, 3.8) is 0 Å². The Kier molecular flexibility index (Phi) is 5.84. The molecule has 0 bridgehead atoms. The molecule has 2 aromatic carbocycles. The number of benzene rings is 2. The first-order valence-corrected chi connectivity index (χ1v) is 12.2. The summed E-state index contributed by atoms with van der Waals surface area (Å²) in [6.07, 6.45) is 3.24. The molecule has 1 amide bonds. The largest absolute Gasteiger partial charge is 0.464 e. The van der Waals surface area contributed by atoms with E-state index in [1.807, 2.05) is 42.2 Å². The van der Waals surface area contributed by atoms with Gasteiger partial charge in [-0.15, -0.1) is 0 Å². The van der Waals surface area contributed by atoms with E-state index in [2.05, 4.69) is 0 Å². The summed E-state index contributed by atoms with van der Waals surface area (Å²) >= 11 is 0. The van der Waals surface area contributed by atoms with Crippen LogP contribution in [-0.2, 0) is 26.0 Å². The molecule has 30 heavy (non-hydrogen) atoms. The number of carbonyl (C=O) groups is 1. The Morgan fingerprint density at radius 1 is 1.07 bits per heavy atom. The van der Waals surface area contributed by atoms with E-state index >= 15 is 0 Å². The SMILES string of the molecule is CCC(=O)N1CCC(C2OCc3cc(-c4ccc(S(C)(=O)=O)cc4)ccc3O2)CC1. The molecular formula is C23H27NO5S. The highest BCUT2D eigenvalue weighted by Crippen LogP contribution is 2.35. The zero-order valence-electron chi connectivity index (χ0n) is 17.3. The molecule has 1 fully saturated rings. The molecule has 0 aliphatic carbocycles. The molecule has 0 aromatic heterocycles. The standard InChI is InChI=1S/C23H27NO5S/c1-3-22(25)24-12-10-17(11-13-24)23-28-15-19-14-18(6-9-21(19)29-23)16-4-7-20(8-5-16)30(2,26)27/h4-9,14,17,23H,3,10-13,15H2,1-2H3. The Balaban J connectivity index is 1.43. The number of hydrogen-bond donors (Lipinski definition) is 0. The third kappa shape index (κ3) is 4.37. The van der Waals surface area contributed by atoms with Gasteiger partial charge >= 0.3 is 0 Å². The summed E-state index contributed by atoms with van der Waals surface area (Å²) in [5.41, 5.74) is 2.92. The molecule has 2 aliphatic rings. The number of rotatable bonds is 4. The average Bonchev–Trinajstić information content (AvgIpc) is 2.77. The first kappa shape index (κ1) is 20.9. The predicted octanol–water partition coefficient (Wildman–Crippen LogP) is 3.64. The highest BCUT2D eigenvalue weighted by atomic mass is 32.2. The van der Waals surface area contributed by atoms with Crippen LogP contribution in [-0.4, -0.2) is 44.9 Å². The molecule has 6 nitrogen and oxygen atoms in total. The lowest BCUT2D eigenvalue weighted by Gasteiger charge is -2.37. The molecular weight excluding hydrogens is 402 g/mol. The number of carbonyl (C=O) groups excluding carboxylic acids is 1. The number of ether oxygens (including phenoxy) is 2. The molecule has 0 N–H and O–H groups in total. The monoisotopic (exact) mass is 429 g/mol. The van der Waals surface area contributed by atoms with E-state index in [9.17, 15) is 13.2 Å². The van der Waals surface area contributed by atoms with Crippen LogP contribution >= 0.6 is 0 Å². The van der Waals surface area contributed by atoms with Crippen LogP contribution in [0.4, 0.5) is 0 Å². The Morgan fingerprint density at radius 3 is 2.37 bits per heavy atom. The molecule has 1 atom stereocenters. The third-order valence-corrected chi connectivity index (χ3v) is 7.03. The van der Waals surface area contributed by atoms with Crippen molar-refractivity contribution in [2.75, 3.05) is 19.3 Å². The van der Waals surface area contributed by atoms with E-state index in [1.165, 1.54) is 6.26 Å². The van der Waals surface area contributed by atoms with Crippen LogP contribution in [0.15, 0.2) is 47.4 Å². The minimum absolute atomic E-state index is 0.210. The number of nitrogens with zero attached hydrogens (tertiary/aromatic N) is 1. The van der Waals surface area contributed by atoms with Gasteiger partial charge in [0.15, 0.2) is 9.84 Å². The van der Waals surface area contributed by atoms with Crippen molar-refractivity contribution < 1.29 is 22.7 Å². The second-order valence-electron chi connectivity index (χ2n) is 7.99. The predicted molar refractivity (Wildman–Crippen MR) is 114 cm³/mol. The highest BCUT2D eigenvalue weighted by Gasteiger charge is 2.32. The van der Waals surface area contributed by atoms with Crippen LogP contribution in [0, 0.1) is 5.92 Å². The van der Waals surface area contributed by atoms with Gasteiger partial charge in [0.25, 0.3) is 0 Å². The lowest BCUT2D eigenvalue weighted by molar-refractivity contribution is -0.154. The van der Waals surface area contributed by atoms with Gasteiger partial charge < -0.3 is 14.4 Å². The van der Waals surface area contributed by atoms with Gasteiger partial charge in [-0.3, -0.25) is 4.79 Å². The first-order chi connectivity index (χ1) is 14.3. The van der Waals surface area contributed by atoms with E-state index in [0.717, 1.165) is 48.4 Å². The Hall–Kier alpha value is -2.38. The minimum Gasteiger partial charge on any atom is -0.464 e. The average molecular weight is 430 g/mol. The molecule has 1 saturated heterocycles. The van der Waals surface area contributed by atoms with Crippen LogP contribution in [0.1, 0.15) is 31.7 Å². The fourth-order valence-corrected chi connectivity index (χ4v) is 4.72. The maximum atomic E-state index is 11.9. The van der Waals surface area contributed by atoms with Gasteiger partial charge in [-0.1, -0.05) is 25.1 Å². The quantitative estimate of drug-likeness (QED) is 0.742. The van der Waals surface area contributed by atoms with Crippen molar-refractivity contribution in [1.82, 2.24) is 4.90 Å². The third-order valence-electron chi connectivity index (χ3n) is 5.90. The maximum absolute atomic E-state index is 11.9. The summed E-state index contributed by atoms with van der Waals surface area (Å²) < 4.78 is 35.5. The van der Waals surface area contributed by atoms with Crippen LogP contribution in [0.25, 0.3) is 11.1 Å². The molecule has 0 radical (unpaired) electrons. The molecule has 2 heterocycles. The zero-order chi connectivity index (χ0) is 21.3. The molecule has 1 unspecified atom stereocenters. The van der Waals surface area contributed by atoms with E-state index in [1.54, 1.807) is 12.1 Å². The summed E-state index contributed by atoms with van der Waals surface area (Å²) in [5.74, 6) is 1.32. The molecule has 0 saturated carbocycles. The van der Waals surface area contributed by atoms with Crippen LogP contribution in [0.3, 0.4) is 0 Å². The fourth-order valence-electron chi connectivity index (χ4n) is 4.09. The number of piperidine rings is 1. The summed E-state index contributed by atoms with van der Waals surface area (Å²) in [6, 6.07) is 12.9.